The van der Waals surface area contributed by atoms with Gasteiger partial charge in [-0.3, -0.25) is 0 Å². The summed E-state index contributed by atoms with van der Waals surface area (Å²) in [6.45, 7) is 0. The maximum atomic E-state index is 5.53. The SMILES string of the molecule is CSc1n[c-]cc(Cl)n1.[V+2]. The van der Waals surface area contributed by atoms with Crippen LogP contribution >= 0.6 is 23.4 Å². The predicted molar refractivity (Wildman–Crippen MR) is 37.7 cm³/mol. The van der Waals surface area contributed by atoms with Crippen LogP contribution in [0.2, 0.25) is 5.15 Å². The van der Waals surface area contributed by atoms with Gasteiger partial charge in [0.25, 0.3) is 0 Å². The Kier molecular flexibility index (Phi) is 5.17. The summed E-state index contributed by atoms with van der Waals surface area (Å²) in [5.41, 5.74) is 0. The Morgan fingerprint density at radius 1 is 1.70 bits per heavy atom. The first kappa shape index (κ1) is 10.3. The molecule has 1 radical (unpaired) electrons. The van der Waals surface area contributed by atoms with Crippen molar-refractivity contribution >= 4 is 23.4 Å². The van der Waals surface area contributed by atoms with Crippen molar-refractivity contribution in [3.63, 3.8) is 0 Å². The third kappa shape index (κ3) is 2.93. The van der Waals surface area contributed by atoms with E-state index in [1.54, 1.807) is 0 Å². The van der Waals surface area contributed by atoms with E-state index in [1.165, 1.54) is 17.8 Å². The molecule has 1 heterocycles. The molecule has 0 N–H and O–H groups in total. The van der Waals surface area contributed by atoms with Crippen LogP contribution in [0.3, 0.4) is 0 Å². The van der Waals surface area contributed by atoms with Gasteiger partial charge in [0.2, 0.25) is 0 Å². The van der Waals surface area contributed by atoms with E-state index in [4.69, 9.17) is 11.6 Å². The third-order valence-corrected chi connectivity index (χ3v) is 1.47. The smallest absolute Gasteiger partial charge is 0.364 e. The van der Waals surface area contributed by atoms with Gasteiger partial charge in [-0.2, -0.15) is 11.8 Å². The molecular formula is C5H4ClN2SV+. The first-order valence-corrected chi connectivity index (χ1v) is 3.88. The van der Waals surface area contributed by atoms with Crippen molar-refractivity contribution in [1.82, 2.24) is 9.97 Å². The Morgan fingerprint density at radius 3 is 2.80 bits per heavy atom. The molecular weight excluding hydrogens is 207 g/mol. The first-order chi connectivity index (χ1) is 4.33. The molecule has 0 saturated carbocycles. The van der Waals surface area contributed by atoms with Crippen LogP contribution in [0.4, 0.5) is 0 Å². The Hall–Kier alpha value is 0.304. The molecule has 0 aliphatic heterocycles. The van der Waals surface area contributed by atoms with Gasteiger partial charge in [-0.25, -0.2) is 0 Å². The van der Waals surface area contributed by atoms with Crippen molar-refractivity contribution < 1.29 is 18.6 Å². The molecule has 0 atom stereocenters. The van der Waals surface area contributed by atoms with Crippen molar-refractivity contribution in [2.75, 3.05) is 6.26 Å². The van der Waals surface area contributed by atoms with Gasteiger partial charge in [0.05, 0.1) is 5.16 Å². The van der Waals surface area contributed by atoms with Gasteiger partial charge in [0.1, 0.15) is 0 Å². The largest absolute Gasteiger partial charge is 2.00 e. The molecule has 0 spiro atoms. The summed E-state index contributed by atoms with van der Waals surface area (Å²) in [4.78, 5) is 7.68. The molecule has 0 aliphatic carbocycles. The van der Waals surface area contributed by atoms with Crippen molar-refractivity contribution in [3.05, 3.63) is 17.4 Å². The van der Waals surface area contributed by atoms with E-state index in [2.05, 4.69) is 16.2 Å². The van der Waals surface area contributed by atoms with E-state index < -0.39 is 0 Å². The van der Waals surface area contributed by atoms with Gasteiger partial charge in [-0.1, -0.05) is 6.20 Å². The Balaban J connectivity index is 0.000000810. The summed E-state index contributed by atoms with van der Waals surface area (Å²) >= 11 is 6.97. The number of aromatic nitrogens is 2. The van der Waals surface area contributed by atoms with Crippen LogP contribution in [-0.2, 0) is 18.6 Å². The average Bonchev–Trinajstić information content (AvgIpc) is 1.88. The third-order valence-electron chi connectivity index (χ3n) is 0.729. The molecule has 1 aromatic rings. The minimum Gasteiger partial charge on any atom is -0.364 e. The number of halogens is 1. The predicted octanol–water partition coefficient (Wildman–Crippen LogP) is 1.65. The summed E-state index contributed by atoms with van der Waals surface area (Å²) in [6.07, 6.45) is 4.50. The van der Waals surface area contributed by atoms with Crippen molar-refractivity contribution in [1.29, 1.82) is 0 Å². The van der Waals surface area contributed by atoms with Crippen LogP contribution in [0.1, 0.15) is 0 Å². The number of hydrogen-bond donors (Lipinski definition) is 0. The van der Waals surface area contributed by atoms with Gasteiger partial charge in [0.15, 0.2) is 0 Å². The molecule has 0 bridgehead atoms. The molecule has 0 unspecified atom stereocenters. The molecule has 5 heteroatoms. The fourth-order valence-corrected chi connectivity index (χ4v) is 0.893. The molecule has 0 saturated heterocycles. The van der Waals surface area contributed by atoms with E-state index in [0.717, 1.165) is 0 Å². The maximum Gasteiger partial charge on any atom is 2.00 e. The van der Waals surface area contributed by atoms with E-state index in [9.17, 15) is 0 Å². The summed E-state index contributed by atoms with van der Waals surface area (Å²) in [7, 11) is 0. The molecule has 1 aromatic heterocycles. The molecule has 0 fully saturated rings. The van der Waals surface area contributed by atoms with Gasteiger partial charge in [0, 0.05) is 5.15 Å². The first-order valence-electron chi connectivity index (χ1n) is 2.27. The van der Waals surface area contributed by atoms with Gasteiger partial charge >= 0.3 is 18.6 Å². The fourth-order valence-electron chi connectivity index (χ4n) is 0.381. The molecule has 2 nitrogen and oxygen atoms in total. The van der Waals surface area contributed by atoms with Crippen LogP contribution in [0.15, 0.2) is 11.2 Å². The molecule has 0 aliphatic rings. The zero-order valence-electron chi connectivity index (χ0n) is 5.21. The number of thioether (sulfide) groups is 1. The quantitative estimate of drug-likeness (QED) is 0.305. The van der Waals surface area contributed by atoms with Gasteiger partial charge in [-0.15, -0.1) is 17.7 Å². The second-order valence-electron chi connectivity index (χ2n) is 1.31. The van der Waals surface area contributed by atoms with Crippen LogP contribution in [0.25, 0.3) is 0 Å². The minimum atomic E-state index is 0. The Labute approximate surface area is 80.7 Å². The molecule has 10 heavy (non-hydrogen) atoms. The minimum absolute atomic E-state index is 0. The van der Waals surface area contributed by atoms with Crippen molar-refractivity contribution in [3.8, 4) is 0 Å². The second kappa shape index (κ2) is 5.02. The zero-order chi connectivity index (χ0) is 6.69. The van der Waals surface area contributed by atoms with Gasteiger partial charge in [-0.05, 0) is 6.26 Å². The summed E-state index contributed by atoms with van der Waals surface area (Å²) in [6, 6.07) is 1.53. The monoisotopic (exact) mass is 210 g/mol. The Morgan fingerprint density at radius 2 is 2.40 bits per heavy atom. The zero-order valence-corrected chi connectivity index (χ0v) is 8.17. The molecule has 1 rings (SSSR count). The second-order valence-corrected chi connectivity index (χ2v) is 2.47. The molecule has 0 aromatic carbocycles. The van der Waals surface area contributed by atoms with Gasteiger partial charge < -0.3 is 9.97 Å². The molecule has 51 valence electrons. The number of nitrogens with zero attached hydrogens (tertiary/aromatic N) is 2. The summed E-state index contributed by atoms with van der Waals surface area (Å²) in [5.74, 6) is 0. The van der Waals surface area contributed by atoms with E-state index in [1.807, 2.05) is 6.26 Å². The van der Waals surface area contributed by atoms with Crippen molar-refractivity contribution in [2.24, 2.45) is 0 Å². The Bertz CT molecular complexity index is 209. The normalized spacial score (nSPS) is 8.60. The number of rotatable bonds is 1. The van der Waals surface area contributed by atoms with Crippen molar-refractivity contribution in [2.45, 2.75) is 5.16 Å². The standard InChI is InChI=1S/C5H4ClN2S.V/c1-9-5-7-3-2-4(6)8-5;/h2H,1H3;/q-1;+2. The summed E-state index contributed by atoms with van der Waals surface area (Å²) < 4.78 is 0. The van der Waals surface area contributed by atoms with Crippen LogP contribution in [0, 0.1) is 6.20 Å². The topological polar surface area (TPSA) is 25.8 Å². The average molecular weight is 211 g/mol. The maximum absolute atomic E-state index is 5.53. The fraction of sp³-hybridized carbons (Fsp3) is 0.200. The van der Waals surface area contributed by atoms with Crippen LogP contribution in [-0.4, -0.2) is 16.2 Å². The van der Waals surface area contributed by atoms with Crippen LogP contribution < -0.4 is 0 Å². The number of hydrogen-bond acceptors (Lipinski definition) is 3. The van der Waals surface area contributed by atoms with Crippen LogP contribution in [0.5, 0.6) is 0 Å². The van der Waals surface area contributed by atoms with E-state index >= 15 is 0 Å². The van der Waals surface area contributed by atoms with E-state index in [-0.39, 0.29) is 18.6 Å². The molecule has 0 amide bonds. The summed E-state index contributed by atoms with van der Waals surface area (Å²) in [5, 5.41) is 1.09. The van der Waals surface area contributed by atoms with E-state index in [0.29, 0.717) is 10.3 Å².